The molecule has 150 valence electrons. The van der Waals surface area contributed by atoms with Crippen LogP contribution in [0.5, 0.6) is 0 Å². The number of hydrogen-bond donors (Lipinski definition) is 1. The van der Waals surface area contributed by atoms with Gasteiger partial charge in [0.05, 0.1) is 6.42 Å². The molecule has 0 unspecified atom stereocenters. The Morgan fingerprint density at radius 1 is 1.07 bits per heavy atom. The Balaban J connectivity index is 2.23. The molecule has 28 heavy (non-hydrogen) atoms. The molecule has 0 radical (unpaired) electrons. The van der Waals surface area contributed by atoms with Gasteiger partial charge in [-0.1, -0.05) is 54.9 Å². The molecule has 0 aliphatic rings. The van der Waals surface area contributed by atoms with Crippen molar-refractivity contribution in [3.63, 3.8) is 0 Å². The summed E-state index contributed by atoms with van der Waals surface area (Å²) in [6, 6.07) is 14.7. The van der Waals surface area contributed by atoms with Gasteiger partial charge < -0.3 is 10.2 Å². The molecule has 0 saturated carbocycles. The molecule has 2 rings (SSSR count). The zero-order chi connectivity index (χ0) is 20.7. The molecule has 0 spiro atoms. The Kier molecular flexibility index (Phi) is 8.06. The normalized spacial score (nSPS) is 12.9. The van der Waals surface area contributed by atoms with Crippen molar-refractivity contribution in [3.05, 3.63) is 70.2 Å². The molecule has 0 saturated heterocycles. The van der Waals surface area contributed by atoms with E-state index in [1.165, 1.54) is 0 Å². The lowest BCUT2D eigenvalue weighted by atomic mass is 10.1. The molecule has 0 bridgehead atoms. The first kappa shape index (κ1) is 22.0. The lowest BCUT2D eigenvalue weighted by Crippen LogP contribution is -2.50. The molecule has 2 aromatic carbocycles. The highest BCUT2D eigenvalue weighted by atomic mass is 35.5. The zero-order valence-corrected chi connectivity index (χ0v) is 17.8. The lowest BCUT2D eigenvalue weighted by molar-refractivity contribution is -0.140. The van der Waals surface area contributed by atoms with Crippen molar-refractivity contribution in [2.24, 2.45) is 0 Å². The molecule has 5 heteroatoms. The molecule has 0 aliphatic heterocycles. The fraction of sp³-hybridized carbons (Fsp3) is 0.391. The van der Waals surface area contributed by atoms with Crippen molar-refractivity contribution in [2.45, 2.75) is 59.2 Å². The van der Waals surface area contributed by atoms with Gasteiger partial charge in [0.25, 0.3) is 0 Å². The summed E-state index contributed by atoms with van der Waals surface area (Å²) >= 11 is 5.94. The van der Waals surface area contributed by atoms with Gasteiger partial charge in [0.2, 0.25) is 11.8 Å². The summed E-state index contributed by atoms with van der Waals surface area (Å²) in [6.07, 6.45) is 1.07. The Morgan fingerprint density at radius 2 is 1.71 bits per heavy atom. The Labute approximate surface area is 172 Å². The van der Waals surface area contributed by atoms with Gasteiger partial charge in [0, 0.05) is 17.6 Å². The molecule has 2 aromatic rings. The topological polar surface area (TPSA) is 49.4 Å². The first-order valence-corrected chi connectivity index (χ1v) is 10.1. The van der Waals surface area contributed by atoms with Gasteiger partial charge in [-0.25, -0.2) is 0 Å². The Bertz CT molecular complexity index is 805. The second kappa shape index (κ2) is 10.3. The molecule has 0 fully saturated rings. The largest absolute Gasteiger partial charge is 0.352 e. The monoisotopic (exact) mass is 400 g/mol. The maximum atomic E-state index is 13.1. The fourth-order valence-corrected chi connectivity index (χ4v) is 3.02. The SMILES string of the molecule is CC[C@H](C)NC(=O)[C@@H](C)N(Cc1ccccc1C)C(=O)Cc1ccc(Cl)cc1. The quantitative estimate of drug-likeness (QED) is 0.708. The number of benzene rings is 2. The molecule has 2 atom stereocenters. The van der Waals surface area contributed by atoms with Gasteiger partial charge in [-0.2, -0.15) is 0 Å². The average molecular weight is 401 g/mol. The highest BCUT2D eigenvalue weighted by Gasteiger charge is 2.27. The summed E-state index contributed by atoms with van der Waals surface area (Å²) in [7, 11) is 0. The van der Waals surface area contributed by atoms with E-state index in [2.05, 4.69) is 5.32 Å². The number of rotatable bonds is 8. The summed E-state index contributed by atoms with van der Waals surface area (Å²) in [5, 5.41) is 3.62. The van der Waals surface area contributed by atoms with E-state index in [9.17, 15) is 9.59 Å². The van der Waals surface area contributed by atoms with Crippen LogP contribution in [0.1, 0.15) is 43.9 Å². The summed E-state index contributed by atoms with van der Waals surface area (Å²) in [5.74, 6) is -0.218. The molecular formula is C23H29ClN2O2. The Morgan fingerprint density at radius 3 is 2.32 bits per heavy atom. The van der Waals surface area contributed by atoms with Crippen LogP contribution >= 0.6 is 11.6 Å². The third-order valence-corrected chi connectivity index (χ3v) is 5.29. The van der Waals surface area contributed by atoms with Crippen molar-refractivity contribution in [3.8, 4) is 0 Å². The van der Waals surface area contributed by atoms with Crippen molar-refractivity contribution in [1.82, 2.24) is 10.2 Å². The summed E-state index contributed by atoms with van der Waals surface area (Å²) in [6.45, 7) is 8.18. The number of aryl methyl sites for hydroxylation is 1. The van der Waals surface area contributed by atoms with E-state index < -0.39 is 6.04 Å². The van der Waals surface area contributed by atoms with Crippen LogP contribution in [0.25, 0.3) is 0 Å². The minimum atomic E-state index is -0.562. The molecule has 4 nitrogen and oxygen atoms in total. The van der Waals surface area contributed by atoms with Gasteiger partial charge in [-0.15, -0.1) is 0 Å². The van der Waals surface area contributed by atoms with E-state index in [1.807, 2.05) is 57.2 Å². The van der Waals surface area contributed by atoms with Crippen molar-refractivity contribution in [2.75, 3.05) is 0 Å². The average Bonchev–Trinajstić information content (AvgIpc) is 2.68. The van der Waals surface area contributed by atoms with E-state index in [1.54, 1.807) is 24.0 Å². The number of carbonyl (C=O) groups is 2. The molecule has 0 heterocycles. The fourth-order valence-electron chi connectivity index (χ4n) is 2.90. The van der Waals surface area contributed by atoms with Crippen molar-refractivity contribution < 1.29 is 9.59 Å². The van der Waals surface area contributed by atoms with Gasteiger partial charge in [-0.05, 0) is 56.0 Å². The van der Waals surface area contributed by atoms with Gasteiger partial charge >= 0.3 is 0 Å². The smallest absolute Gasteiger partial charge is 0.242 e. The van der Waals surface area contributed by atoms with Crippen LogP contribution in [0, 0.1) is 6.92 Å². The van der Waals surface area contributed by atoms with Crippen LogP contribution in [0.4, 0.5) is 0 Å². The van der Waals surface area contributed by atoms with Crippen LogP contribution in [-0.4, -0.2) is 28.8 Å². The van der Waals surface area contributed by atoms with E-state index >= 15 is 0 Å². The maximum Gasteiger partial charge on any atom is 0.242 e. The van der Waals surface area contributed by atoms with E-state index in [-0.39, 0.29) is 24.3 Å². The molecule has 2 amide bonds. The minimum Gasteiger partial charge on any atom is -0.352 e. The second-order valence-electron chi connectivity index (χ2n) is 7.25. The highest BCUT2D eigenvalue weighted by Crippen LogP contribution is 2.16. The first-order chi connectivity index (χ1) is 13.3. The summed E-state index contributed by atoms with van der Waals surface area (Å²) < 4.78 is 0. The van der Waals surface area contributed by atoms with Crippen LogP contribution in [0.15, 0.2) is 48.5 Å². The second-order valence-corrected chi connectivity index (χ2v) is 7.68. The molecule has 0 aromatic heterocycles. The third kappa shape index (κ3) is 6.10. The van der Waals surface area contributed by atoms with Crippen molar-refractivity contribution in [1.29, 1.82) is 0 Å². The number of carbonyl (C=O) groups excluding carboxylic acids is 2. The lowest BCUT2D eigenvalue weighted by Gasteiger charge is -2.30. The van der Waals surface area contributed by atoms with Crippen LogP contribution in [0.2, 0.25) is 5.02 Å². The summed E-state index contributed by atoms with van der Waals surface area (Å²) in [5.41, 5.74) is 3.01. The molecular weight excluding hydrogens is 372 g/mol. The maximum absolute atomic E-state index is 13.1. The predicted molar refractivity (Wildman–Crippen MR) is 114 cm³/mol. The molecule has 1 N–H and O–H groups in total. The van der Waals surface area contributed by atoms with Crippen molar-refractivity contribution >= 4 is 23.4 Å². The van der Waals surface area contributed by atoms with E-state index in [0.717, 1.165) is 23.1 Å². The van der Waals surface area contributed by atoms with E-state index in [0.29, 0.717) is 11.6 Å². The number of hydrogen-bond acceptors (Lipinski definition) is 2. The summed E-state index contributed by atoms with van der Waals surface area (Å²) in [4.78, 5) is 27.5. The zero-order valence-electron chi connectivity index (χ0n) is 17.0. The standard InChI is InChI=1S/C23H29ClN2O2/c1-5-17(3)25-23(28)18(4)26(15-20-9-7-6-8-16(20)2)22(27)14-19-10-12-21(24)13-11-19/h6-13,17-18H,5,14-15H2,1-4H3,(H,25,28)/t17-,18+/m0/s1. The van der Waals surface area contributed by atoms with Crippen LogP contribution in [-0.2, 0) is 22.6 Å². The first-order valence-electron chi connectivity index (χ1n) is 9.70. The number of amides is 2. The predicted octanol–water partition coefficient (Wildman–Crippen LogP) is 4.52. The van der Waals surface area contributed by atoms with Crippen LogP contribution < -0.4 is 5.32 Å². The number of halogens is 1. The van der Waals surface area contributed by atoms with Crippen LogP contribution in [0.3, 0.4) is 0 Å². The van der Waals surface area contributed by atoms with Gasteiger partial charge in [0.1, 0.15) is 6.04 Å². The number of nitrogens with one attached hydrogen (secondary N) is 1. The highest BCUT2D eigenvalue weighted by molar-refractivity contribution is 6.30. The number of nitrogens with zero attached hydrogens (tertiary/aromatic N) is 1. The van der Waals surface area contributed by atoms with Gasteiger partial charge in [-0.3, -0.25) is 9.59 Å². The minimum absolute atomic E-state index is 0.0710. The Hall–Kier alpha value is -2.33. The third-order valence-electron chi connectivity index (χ3n) is 5.04. The molecule has 0 aliphatic carbocycles. The van der Waals surface area contributed by atoms with E-state index in [4.69, 9.17) is 11.6 Å². The van der Waals surface area contributed by atoms with Gasteiger partial charge in [0.15, 0.2) is 0 Å².